The number of pyridine rings is 1. The van der Waals surface area contributed by atoms with Gasteiger partial charge in [0.05, 0.1) is 6.04 Å². The molecule has 3 aromatic heterocycles. The van der Waals surface area contributed by atoms with E-state index in [1.54, 1.807) is 31.5 Å². The number of hydrogen-bond acceptors (Lipinski definition) is 7. The lowest BCUT2D eigenvalue weighted by molar-refractivity contribution is -0.121. The van der Waals surface area contributed by atoms with Gasteiger partial charge in [-0.15, -0.1) is 0 Å². The van der Waals surface area contributed by atoms with Crippen LogP contribution in [0.25, 0.3) is 11.4 Å². The van der Waals surface area contributed by atoms with E-state index in [1.807, 2.05) is 0 Å². The molecule has 3 rings (SSSR count). The minimum Gasteiger partial charge on any atom is -0.346 e. The number of hydrogen-bond donors (Lipinski definition) is 3. The summed E-state index contributed by atoms with van der Waals surface area (Å²) in [5, 5.41) is 12.7. The van der Waals surface area contributed by atoms with E-state index >= 15 is 0 Å². The molecule has 0 spiro atoms. The second-order valence-electron chi connectivity index (χ2n) is 5.45. The molecule has 25 heavy (non-hydrogen) atoms. The Labute approximate surface area is 142 Å². The van der Waals surface area contributed by atoms with Crippen LogP contribution in [-0.4, -0.2) is 36.2 Å². The number of carbonyl (C=O) groups excluding carboxylic acids is 1. The van der Waals surface area contributed by atoms with Gasteiger partial charge in [0.25, 0.3) is 0 Å². The van der Waals surface area contributed by atoms with Crippen LogP contribution in [0.3, 0.4) is 0 Å². The molecular formula is C15H17N7O3. The average Bonchev–Trinajstić information content (AvgIpc) is 3.25. The number of nitrogens with one attached hydrogen (secondary N) is 3. The summed E-state index contributed by atoms with van der Waals surface area (Å²) in [5.41, 5.74) is 0.419. The van der Waals surface area contributed by atoms with E-state index in [2.05, 4.69) is 35.6 Å². The monoisotopic (exact) mass is 343 g/mol. The fraction of sp³-hybridized carbons (Fsp3) is 0.333. The van der Waals surface area contributed by atoms with Gasteiger partial charge in [-0.25, -0.2) is 9.89 Å². The third-order valence-electron chi connectivity index (χ3n) is 3.51. The van der Waals surface area contributed by atoms with Crippen molar-refractivity contribution in [3.8, 4) is 11.4 Å². The van der Waals surface area contributed by atoms with Crippen LogP contribution in [-0.2, 0) is 11.2 Å². The first kappa shape index (κ1) is 16.6. The van der Waals surface area contributed by atoms with Crippen LogP contribution in [0.5, 0.6) is 0 Å². The predicted molar refractivity (Wildman–Crippen MR) is 86.2 cm³/mol. The highest BCUT2D eigenvalue weighted by Gasteiger charge is 2.13. The summed E-state index contributed by atoms with van der Waals surface area (Å²) < 4.78 is 5.19. The van der Waals surface area contributed by atoms with E-state index < -0.39 is 5.69 Å². The van der Waals surface area contributed by atoms with Crippen molar-refractivity contribution in [2.75, 3.05) is 0 Å². The molecule has 0 aromatic carbocycles. The summed E-state index contributed by atoms with van der Waals surface area (Å²) in [6, 6.07) is 3.21. The van der Waals surface area contributed by atoms with Crippen LogP contribution in [0.1, 0.15) is 37.5 Å². The van der Waals surface area contributed by atoms with Crippen LogP contribution in [0.15, 0.2) is 33.8 Å². The van der Waals surface area contributed by atoms with Crippen LogP contribution in [0.2, 0.25) is 0 Å². The van der Waals surface area contributed by atoms with E-state index in [-0.39, 0.29) is 11.9 Å². The normalized spacial score (nSPS) is 12.0. The van der Waals surface area contributed by atoms with Gasteiger partial charge in [-0.3, -0.25) is 14.8 Å². The van der Waals surface area contributed by atoms with Gasteiger partial charge in [0.1, 0.15) is 0 Å². The SMILES string of the molecule is C[C@@H](NC(=O)CCCc1nc(-c2ccncc2)no1)c1n[nH]c(=O)[nH]1. The van der Waals surface area contributed by atoms with E-state index in [0.717, 1.165) is 5.56 Å². The molecule has 0 unspecified atom stereocenters. The zero-order valence-corrected chi connectivity index (χ0v) is 13.5. The van der Waals surface area contributed by atoms with E-state index in [1.165, 1.54) is 0 Å². The number of H-pyrrole nitrogens is 2. The van der Waals surface area contributed by atoms with Gasteiger partial charge in [-0.05, 0) is 25.5 Å². The third kappa shape index (κ3) is 4.37. The Hall–Kier alpha value is -3.30. The number of amides is 1. The first-order valence-electron chi connectivity index (χ1n) is 7.79. The van der Waals surface area contributed by atoms with Gasteiger partial charge in [0.2, 0.25) is 17.6 Å². The maximum absolute atomic E-state index is 11.9. The smallest absolute Gasteiger partial charge is 0.340 e. The minimum absolute atomic E-state index is 0.148. The molecule has 0 bridgehead atoms. The van der Waals surface area contributed by atoms with Crippen LogP contribution >= 0.6 is 0 Å². The number of aromatic amines is 2. The van der Waals surface area contributed by atoms with Gasteiger partial charge in [0.15, 0.2) is 5.82 Å². The maximum atomic E-state index is 11.9. The highest BCUT2D eigenvalue weighted by molar-refractivity contribution is 5.76. The largest absolute Gasteiger partial charge is 0.346 e. The lowest BCUT2D eigenvalue weighted by Crippen LogP contribution is -2.27. The van der Waals surface area contributed by atoms with E-state index in [4.69, 9.17) is 4.52 Å². The molecule has 3 heterocycles. The van der Waals surface area contributed by atoms with Crippen molar-refractivity contribution in [1.82, 2.24) is 35.6 Å². The van der Waals surface area contributed by atoms with Crippen molar-refractivity contribution in [3.63, 3.8) is 0 Å². The molecule has 0 aliphatic carbocycles. The molecule has 10 heteroatoms. The molecule has 10 nitrogen and oxygen atoms in total. The van der Waals surface area contributed by atoms with Crippen molar-refractivity contribution in [1.29, 1.82) is 0 Å². The summed E-state index contributed by atoms with van der Waals surface area (Å²) in [5.74, 6) is 1.21. The molecule has 3 aromatic rings. The number of carbonyl (C=O) groups is 1. The number of rotatable bonds is 7. The molecule has 1 atom stereocenters. The molecule has 0 radical (unpaired) electrons. The van der Waals surface area contributed by atoms with E-state index in [0.29, 0.717) is 36.8 Å². The topological polar surface area (TPSA) is 142 Å². The molecule has 0 aliphatic heterocycles. The lowest BCUT2D eigenvalue weighted by atomic mass is 10.2. The van der Waals surface area contributed by atoms with Crippen molar-refractivity contribution in [2.45, 2.75) is 32.2 Å². The van der Waals surface area contributed by atoms with Crippen molar-refractivity contribution >= 4 is 5.91 Å². The Morgan fingerprint density at radius 3 is 2.88 bits per heavy atom. The Kier molecular flexibility index (Phi) is 4.97. The fourth-order valence-electron chi connectivity index (χ4n) is 2.25. The van der Waals surface area contributed by atoms with Gasteiger partial charge in [-0.2, -0.15) is 10.1 Å². The summed E-state index contributed by atoms with van der Waals surface area (Å²) in [6.45, 7) is 1.74. The van der Waals surface area contributed by atoms with Crippen LogP contribution in [0.4, 0.5) is 0 Å². The van der Waals surface area contributed by atoms with Gasteiger partial charge < -0.3 is 9.84 Å². The second-order valence-corrected chi connectivity index (χ2v) is 5.45. The molecule has 0 saturated carbocycles. The summed E-state index contributed by atoms with van der Waals surface area (Å²) in [4.78, 5) is 33.7. The number of aromatic nitrogens is 6. The Bertz CT molecular complexity index is 884. The van der Waals surface area contributed by atoms with Crippen molar-refractivity contribution in [3.05, 3.63) is 46.7 Å². The number of aryl methyl sites for hydroxylation is 1. The summed E-state index contributed by atoms with van der Waals surface area (Å²) in [6.07, 6.45) is 4.67. The van der Waals surface area contributed by atoms with Crippen LogP contribution in [0, 0.1) is 0 Å². The maximum Gasteiger partial charge on any atom is 0.340 e. The standard InChI is InChI=1S/C15H17N7O3/c1-9(13-19-15(24)21-20-13)17-11(23)3-2-4-12-18-14(22-25-12)10-5-7-16-8-6-10/h5-9H,2-4H2,1H3,(H,17,23)(H2,19,20,21,24)/t9-/m1/s1. The molecule has 3 N–H and O–H groups in total. The Morgan fingerprint density at radius 1 is 1.36 bits per heavy atom. The lowest BCUT2D eigenvalue weighted by Gasteiger charge is -2.10. The average molecular weight is 343 g/mol. The summed E-state index contributed by atoms with van der Waals surface area (Å²) in [7, 11) is 0. The third-order valence-corrected chi connectivity index (χ3v) is 3.51. The zero-order chi connectivity index (χ0) is 17.6. The molecular weight excluding hydrogens is 326 g/mol. The minimum atomic E-state index is -0.405. The van der Waals surface area contributed by atoms with E-state index in [9.17, 15) is 9.59 Å². The van der Waals surface area contributed by atoms with Gasteiger partial charge in [-0.1, -0.05) is 5.16 Å². The predicted octanol–water partition coefficient (Wildman–Crippen LogP) is 0.743. The van der Waals surface area contributed by atoms with Crippen LogP contribution < -0.4 is 11.0 Å². The Morgan fingerprint density at radius 2 is 2.16 bits per heavy atom. The zero-order valence-electron chi connectivity index (χ0n) is 13.5. The number of nitrogens with zero attached hydrogens (tertiary/aromatic N) is 4. The molecule has 1 amide bonds. The quantitative estimate of drug-likeness (QED) is 0.574. The fourth-order valence-corrected chi connectivity index (χ4v) is 2.25. The van der Waals surface area contributed by atoms with Crippen molar-refractivity contribution < 1.29 is 9.32 Å². The van der Waals surface area contributed by atoms with Gasteiger partial charge >= 0.3 is 5.69 Å². The molecule has 0 saturated heterocycles. The molecule has 130 valence electrons. The van der Waals surface area contributed by atoms with Crippen molar-refractivity contribution in [2.24, 2.45) is 0 Å². The summed E-state index contributed by atoms with van der Waals surface area (Å²) >= 11 is 0. The first-order chi connectivity index (χ1) is 12.1. The first-order valence-corrected chi connectivity index (χ1v) is 7.79. The highest BCUT2D eigenvalue weighted by atomic mass is 16.5. The Balaban J connectivity index is 1.46. The molecule has 0 fully saturated rings. The second kappa shape index (κ2) is 7.51. The molecule has 0 aliphatic rings. The highest BCUT2D eigenvalue weighted by Crippen LogP contribution is 2.15. The van der Waals surface area contributed by atoms with Gasteiger partial charge in [0, 0.05) is 30.8 Å².